The van der Waals surface area contributed by atoms with Crippen molar-refractivity contribution in [2.75, 3.05) is 40.0 Å². The molecule has 0 fully saturated rings. The Hall–Kier alpha value is -1.23. The van der Waals surface area contributed by atoms with Gasteiger partial charge >= 0.3 is 6.18 Å². The number of aliphatic imine (C=N–C) groups is 1. The third-order valence-corrected chi connectivity index (χ3v) is 2.93. The van der Waals surface area contributed by atoms with Crippen molar-refractivity contribution < 1.29 is 22.6 Å². The number of alkyl halides is 3. The Morgan fingerprint density at radius 2 is 1.72 bits per heavy atom. The molecule has 0 atom stereocenters. The molecule has 1 aromatic rings. The average molecular weight is 475 g/mol. The smallest absolute Gasteiger partial charge is 0.411 e. The lowest BCUT2D eigenvalue weighted by Crippen LogP contribution is -2.40. The number of rotatable bonds is 9. The lowest BCUT2D eigenvalue weighted by molar-refractivity contribution is -0.173. The monoisotopic (exact) mass is 475 g/mol. The van der Waals surface area contributed by atoms with Gasteiger partial charge in [-0.15, -0.1) is 24.0 Å². The Morgan fingerprint density at radius 1 is 1.08 bits per heavy atom. The van der Waals surface area contributed by atoms with Crippen LogP contribution in [0.3, 0.4) is 0 Å². The Bertz CT molecular complexity index is 496. The van der Waals surface area contributed by atoms with Crippen LogP contribution in [0.5, 0.6) is 5.75 Å². The van der Waals surface area contributed by atoms with Crippen molar-refractivity contribution in [1.82, 2.24) is 10.6 Å². The normalized spacial score (nSPS) is 11.6. The molecule has 0 saturated carbocycles. The van der Waals surface area contributed by atoms with Crippen LogP contribution >= 0.6 is 24.0 Å². The molecule has 1 aromatic carbocycles. The lowest BCUT2D eigenvalue weighted by atomic mass is 10.2. The fourth-order valence-electron chi connectivity index (χ4n) is 1.76. The summed E-state index contributed by atoms with van der Waals surface area (Å²) in [5, 5.41) is 6.05. The maximum atomic E-state index is 11.9. The summed E-state index contributed by atoms with van der Waals surface area (Å²) in [6.07, 6.45) is -3.82. The number of ether oxygens (including phenoxy) is 2. The molecule has 25 heavy (non-hydrogen) atoms. The fourth-order valence-corrected chi connectivity index (χ4v) is 1.76. The highest BCUT2D eigenvalue weighted by Gasteiger charge is 2.27. The molecule has 0 aliphatic rings. The molecule has 0 amide bonds. The van der Waals surface area contributed by atoms with E-state index in [-0.39, 0.29) is 30.6 Å². The number of aryl methyl sites for hydroxylation is 1. The van der Waals surface area contributed by atoms with Gasteiger partial charge in [-0.05, 0) is 25.5 Å². The van der Waals surface area contributed by atoms with Gasteiger partial charge in [-0.25, -0.2) is 0 Å². The van der Waals surface area contributed by atoms with Gasteiger partial charge in [0.2, 0.25) is 0 Å². The molecule has 1 rings (SSSR count). The maximum Gasteiger partial charge on any atom is 0.411 e. The van der Waals surface area contributed by atoms with Gasteiger partial charge in [0, 0.05) is 20.2 Å². The van der Waals surface area contributed by atoms with Crippen LogP contribution in [0.2, 0.25) is 0 Å². The Balaban J connectivity index is 0.00000576. The number of nitrogens with zero attached hydrogens (tertiary/aromatic N) is 1. The van der Waals surface area contributed by atoms with Gasteiger partial charge in [-0.1, -0.05) is 17.7 Å². The van der Waals surface area contributed by atoms with E-state index < -0.39 is 12.8 Å². The second kappa shape index (κ2) is 13.0. The van der Waals surface area contributed by atoms with E-state index in [1.807, 2.05) is 31.2 Å². The largest absolute Gasteiger partial charge is 0.492 e. The molecule has 2 N–H and O–H groups in total. The molecule has 0 aliphatic heterocycles. The average Bonchev–Trinajstić information content (AvgIpc) is 2.53. The Kier molecular flexibility index (Phi) is 12.4. The maximum absolute atomic E-state index is 11.9. The number of hydrogen-bond acceptors (Lipinski definition) is 3. The van der Waals surface area contributed by atoms with Crippen LogP contribution in [-0.2, 0) is 4.74 Å². The van der Waals surface area contributed by atoms with Gasteiger partial charge in [-0.2, -0.15) is 13.2 Å². The summed E-state index contributed by atoms with van der Waals surface area (Å²) < 4.78 is 45.7. The van der Waals surface area contributed by atoms with Crippen LogP contribution in [0.25, 0.3) is 0 Å². The lowest BCUT2D eigenvalue weighted by Gasteiger charge is -2.13. The first-order valence-electron chi connectivity index (χ1n) is 7.69. The zero-order valence-electron chi connectivity index (χ0n) is 14.4. The van der Waals surface area contributed by atoms with Crippen LogP contribution in [0, 0.1) is 6.92 Å². The summed E-state index contributed by atoms with van der Waals surface area (Å²) in [4.78, 5) is 4.02. The molecule has 144 valence electrons. The summed E-state index contributed by atoms with van der Waals surface area (Å²) in [5.41, 5.74) is 1.17. The third kappa shape index (κ3) is 12.7. The number of halogens is 4. The molecule has 0 unspecified atom stereocenters. The van der Waals surface area contributed by atoms with Crippen molar-refractivity contribution >= 4 is 29.9 Å². The molecule has 0 saturated heterocycles. The topological polar surface area (TPSA) is 54.9 Å². The highest BCUT2D eigenvalue weighted by Crippen LogP contribution is 2.14. The summed E-state index contributed by atoms with van der Waals surface area (Å²) in [6, 6.07) is 7.76. The second-order valence-electron chi connectivity index (χ2n) is 5.11. The van der Waals surface area contributed by atoms with Crippen LogP contribution < -0.4 is 15.4 Å². The van der Waals surface area contributed by atoms with Gasteiger partial charge in [0.1, 0.15) is 19.0 Å². The minimum absolute atomic E-state index is 0. The van der Waals surface area contributed by atoms with Crippen molar-refractivity contribution in [2.45, 2.75) is 19.5 Å². The first-order chi connectivity index (χ1) is 11.4. The molecular weight excluding hydrogens is 450 g/mol. The van der Waals surface area contributed by atoms with Crippen molar-refractivity contribution in [3.63, 3.8) is 0 Å². The zero-order valence-corrected chi connectivity index (χ0v) is 16.7. The molecule has 0 radical (unpaired) electrons. The van der Waals surface area contributed by atoms with E-state index in [0.29, 0.717) is 32.1 Å². The highest BCUT2D eigenvalue weighted by molar-refractivity contribution is 14.0. The molecule has 0 aromatic heterocycles. The first-order valence-corrected chi connectivity index (χ1v) is 7.69. The van der Waals surface area contributed by atoms with Crippen LogP contribution in [0.15, 0.2) is 29.3 Å². The van der Waals surface area contributed by atoms with Crippen molar-refractivity contribution in [2.24, 2.45) is 4.99 Å². The number of hydrogen-bond donors (Lipinski definition) is 2. The van der Waals surface area contributed by atoms with Gasteiger partial charge in [0.05, 0.1) is 6.54 Å². The minimum Gasteiger partial charge on any atom is -0.492 e. The van der Waals surface area contributed by atoms with E-state index in [0.717, 1.165) is 5.75 Å². The molecule has 0 bridgehead atoms. The molecule has 0 spiro atoms. The predicted octanol–water partition coefficient (Wildman–Crippen LogP) is 3.13. The third-order valence-electron chi connectivity index (χ3n) is 2.93. The minimum atomic E-state index is -4.28. The van der Waals surface area contributed by atoms with Crippen LogP contribution in [-0.4, -0.2) is 52.1 Å². The predicted molar refractivity (Wildman–Crippen MR) is 103 cm³/mol. The highest BCUT2D eigenvalue weighted by atomic mass is 127. The standard InChI is InChI=1S/C16H24F3N3O2.HI/c1-13-4-6-14(7-5-13)24-11-9-22-15(20-2)21-8-3-10-23-12-16(17,18)19;/h4-7H,3,8-12H2,1-2H3,(H2,20,21,22);1H. The van der Waals surface area contributed by atoms with E-state index in [2.05, 4.69) is 20.4 Å². The van der Waals surface area contributed by atoms with Crippen molar-refractivity contribution in [3.8, 4) is 5.75 Å². The zero-order chi connectivity index (χ0) is 17.8. The van der Waals surface area contributed by atoms with E-state index in [1.54, 1.807) is 7.05 Å². The van der Waals surface area contributed by atoms with Crippen molar-refractivity contribution in [3.05, 3.63) is 29.8 Å². The second-order valence-corrected chi connectivity index (χ2v) is 5.11. The molecule has 5 nitrogen and oxygen atoms in total. The summed E-state index contributed by atoms with van der Waals surface area (Å²) in [7, 11) is 1.62. The van der Waals surface area contributed by atoms with Gasteiger partial charge < -0.3 is 20.1 Å². The Labute approximate surface area is 163 Å². The first kappa shape index (κ1) is 23.8. The van der Waals surface area contributed by atoms with E-state index in [4.69, 9.17) is 4.74 Å². The molecule has 9 heteroatoms. The van der Waals surface area contributed by atoms with Gasteiger partial charge in [0.15, 0.2) is 5.96 Å². The summed E-state index contributed by atoms with van der Waals surface area (Å²) >= 11 is 0. The van der Waals surface area contributed by atoms with Gasteiger partial charge in [0.25, 0.3) is 0 Å². The summed E-state index contributed by atoms with van der Waals surface area (Å²) in [6.45, 7) is 2.33. The SMILES string of the molecule is CN=C(NCCCOCC(F)(F)F)NCCOc1ccc(C)cc1.I. The molecule has 0 heterocycles. The molecular formula is C16H25F3IN3O2. The number of guanidine groups is 1. The van der Waals surface area contributed by atoms with E-state index in [9.17, 15) is 13.2 Å². The van der Waals surface area contributed by atoms with Crippen LogP contribution in [0.4, 0.5) is 13.2 Å². The van der Waals surface area contributed by atoms with Crippen LogP contribution in [0.1, 0.15) is 12.0 Å². The van der Waals surface area contributed by atoms with E-state index >= 15 is 0 Å². The molecule has 0 aliphatic carbocycles. The Morgan fingerprint density at radius 3 is 2.32 bits per heavy atom. The number of benzene rings is 1. The van der Waals surface area contributed by atoms with E-state index in [1.165, 1.54) is 5.56 Å². The van der Waals surface area contributed by atoms with Crippen molar-refractivity contribution in [1.29, 1.82) is 0 Å². The fraction of sp³-hybridized carbons (Fsp3) is 0.562. The summed E-state index contributed by atoms with van der Waals surface area (Å²) in [5.74, 6) is 1.37. The van der Waals surface area contributed by atoms with Gasteiger partial charge in [-0.3, -0.25) is 4.99 Å². The number of nitrogens with one attached hydrogen (secondary N) is 2. The quantitative estimate of drug-likeness (QED) is 0.250.